The third-order valence-electron chi connectivity index (χ3n) is 2.61. The van der Waals surface area contributed by atoms with Crippen molar-refractivity contribution in [2.45, 2.75) is 26.8 Å². The Morgan fingerprint density at radius 2 is 2.11 bits per heavy atom. The molecule has 0 radical (unpaired) electrons. The van der Waals surface area contributed by atoms with Gasteiger partial charge in [-0.15, -0.1) is 12.3 Å². The van der Waals surface area contributed by atoms with Gasteiger partial charge < -0.3 is 14.8 Å². The Hall–Kier alpha value is -1.66. The highest BCUT2D eigenvalue weighted by Crippen LogP contribution is 2.28. The number of terminal acetylenes is 1. The van der Waals surface area contributed by atoms with Gasteiger partial charge in [0.15, 0.2) is 11.5 Å². The van der Waals surface area contributed by atoms with Crippen molar-refractivity contribution >= 4 is 0 Å². The molecule has 0 bridgehead atoms. The monoisotopic (exact) mass is 261 g/mol. The first-order valence-corrected chi connectivity index (χ1v) is 6.61. The number of benzene rings is 1. The number of methoxy groups -OCH3 is 1. The zero-order valence-corrected chi connectivity index (χ0v) is 12.0. The summed E-state index contributed by atoms with van der Waals surface area (Å²) >= 11 is 0. The lowest BCUT2D eigenvalue weighted by Gasteiger charge is -2.12. The average Bonchev–Trinajstić information content (AvgIpc) is 2.39. The third kappa shape index (κ3) is 5.67. The standard InChI is InChI=1S/C16H23NO2/c1-5-6-9-19-15-8-7-14(10-16(15)18-4)12-17-11-13(2)3/h1,7-8,10,13,17H,6,9,11-12H2,2-4H3. The van der Waals surface area contributed by atoms with Gasteiger partial charge in [0.2, 0.25) is 0 Å². The molecule has 3 nitrogen and oxygen atoms in total. The fourth-order valence-corrected chi connectivity index (χ4v) is 1.67. The van der Waals surface area contributed by atoms with Crippen molar-refractivity contribution in [2.24, 2.45) is 5.92 Å². The normalized spacial score (nSPS) is 10.3. The Bertz CT molecular complexity index is 421. The summed E-state index contributed by atoms with van der Waals surface area (Å²) in [5, 5.41) is 3.40. The van der Waals surface area contributed by atoms with E-state index in [1.807, 2.05) is 18.2 Å². The van der Waals surface area contributed by atoms with Crippen LogP contribution < -0.4 is 14.8 Å². The van der Waals surface area contributed by atoms with Crippen LogP contribution in [0.4, 0.5) is 0 Å². The van der Waals surface area contributed by atoms with Gasteiger partial charge in [0, 0.05) is 13.0 Å². The van der Waals surface area contributed by atoms with Crippen LogP contribution in [0.1, 0.15) is 25.8 Å². The zero-order chi connectivity index (χ0) is 14.1. The molecule has 0 aliphatic carbocycles. The Kier molecular flexibility index (Phi) is 6.84. The van der Waals surface area contributed by atoms with Crippen LogP contribution in [0.25, 0.3) is 0 Å². The lowest BCUT2D eigenvalue weighted by atomic mass is 10.2. The fourth-order valence-electron chi connectivity index (χ4n) is 1.67. The Balaban J connectivity index is 2.59. The van der Waals surface area contributed by atoms with Gasteiger partial charge in [0.25, 0.3) is 0 Å². The summed E-state index contributed by atoms with van der Waals surface area (Å²) in [4.78, 5) is 0. The van der Waals surface area contributed by atoms with E-state index >= 15 is 0 Å². The zero-order valence-electron chi connectivity index (χ0n) is 12.0. The van der Waals surface area contributed by atoms with Crippen molar-refractivity contribution in [3.05, 3.63) is 23.8 Å². The summed E-state index contributed by atoms with van der Waals surface area (Å²) in [6.07, 6.45) is 5.80. The van der Waals surface area contributed by atoms with Gasteiger partial charge in [-0.1, -0.05) is 19.9 Å². The molecule has 19 heavy (non-hydrogen) atoms. The van der Waals surface area contributed by atoms with Crippen LogP contribution in [0.2, 0.25) is 0 Å². The van der Waals surface area contributed by atoms with E-state index in [0.29, 0.717) is 18.9 Å². The van der Waals surface area contributed by atoms with Crippen molar-refractivity contribution in [1.29, 1.82) is 0 Å². The first-order chi connectivity index (χ1) is 9.17. The predicted octanol–water partition coefficient (Wildman–Crippen LogP) is 2.84. The molecule has 3 heteroatoms. The van der Waals surface area contributed by atoms with E-state index in [9.17, 15) is 0 Å². The van der Waals surface area contributed by atoms with Gasteiger partial charge in [-0.2, -0.15) is 0 Å². The van der Waals surface area contributed by atoms with Gasteiger partial charge in [0.1, 0.15) is 0 Å². The quantitative estimate of drug-likeness (QED) is 0.576. The van der Waals surface area contributed by atoms with Crippen molar-refractivity contribution in [1.82, 2.24) is 5.32 Å². The molecule has 0 aromatic heterocycles. The predicted molar refractivity (Wildman–Crippen MR) is 78.5 cm³/mol. The molecule has 0 spiro atoms. The van der Waals surface area contributed by atoms with Crippen molar-refractivity contribution in [3.8, 4) is 23.8 Å². The maximum atomic E-state index is 5.58. The molecule has 0 saturated heterocycles. The second-order valence-electron chi connectivity index (χ2n) is 4.81. The van der Waals surface area contributed by atoms with E-state index in [4.69, 9.17) is 15.9 Å². The Morgan fingerprint density at radius 1 is 1.32 bits per heavy atom. The van der Waals surface area contributed by atoms with Crippen molar-refractivity contribution in [3.63, 3.8) is 0 Å². The lowest BCUT2D eigenvalue weighted by Crippen LogP contribution is -2.18. The molecule has 0 fully saturated rings. The van der Waals surface area contributed by atoms with Crippen molar-refractivity contribution in [2.75, 3.05) is 20.3 Å². The van der Waals surface area contributed by atoms with Gasteiger partial charge in [-0.05, 0) is 30.2 Å². The van der Waals surface area contributed by atoms with E-state index in [1.54, 1.807) is 7.11 Å². The first-order valence-electron chi connectivity index (χ1n) is 6.61. The topological polar surface area (TPSA) is 30.5 Å². The van der Waals surface area contributed by atoms with E-state index in [1.165, 1.54) is 5.56 Å². The number of rotatable bonds is 8. The third-order valence-corrected chi connectivity index (χ3v) is 2.61. The Morgan fingerprint density at radius 3 is 2.74 bits per heavy atom. The summed E-state index contributed by atoms with van der Waals surface area (Å²) in [7, 11) is 1.65. The summed E-state index contributed by atoms with van der Waals surface area (Å²) in [6.45, 7) is 6.73. The minimum atomic E-state index is 0.512. The van der Waals surface area contributed by atoms with E-state index in [2.05, 4.69) is 25.1 Å². The van der Waals surface area contributed by atoms with Crippen LogP contribution in [-0.2, 0) is 6.54 Å². The molecule has 1 aromatic carbocycles. The number of nitrogens with one attached hydrogen (secondary N) is 1. The SMILES string of the molecule is C#CCCOc1ccc(CNCC(C)C)cc1OC. The van der Waals surface area contributed by atoms with E-state index in [-0.39, 0.29) is 0 Å². The molecular formula is C16H23NO2. The highest BCUT2D eigenvalue weighted by Gasteiger charge is 2.05. The van der Waals surface area contributed by atoms with Crippen LogP contribution in [0, 0.1) is 18.3 Å². The van der Waals surface area contributed by atoms with Gasteiger partial charge in [-0.25, -0.2) is 0 Å². The molecule has 0 aliphatic heterocycles. The lowest BCUT2D eigenvalue weighted by molar-refractivity contribution is 0.301. The smallest absolute Gasteiger partial charge is 0.161 e. The maximum absolute atomic E-state index is 5.58. The summed E-state index contributed by atoms with van der Waals surface area (Å²) in [5.74, 6) is 4.69. The van der Waals surface area contributed by atoms with Crippen LogP contribution >= 0.6 is 0 Å². The molecule has 0 saturated carbocycles. The van der Waals surface area contributed by atoms with Gasteiger partial charge >= 0.3 is 0 Å². The molecular weight excluding hydrogens is 238 g/mol. The summed E-state index contributed by atoms with van der Waals surface area (Å²) in [5.41, 5.74) is 1.18. The van der Waals surface area contributed by atoms with Crippen LogP contribution in [-0.4, -0.2) is 20.3 Å². The number of ether oxygens (including phenoxy) is 2. The van der Waals surface area contributed by atoms with Gasteiger partial charge in [0.05, 0.1) is 13.7 Å². The molecule has 0 heterocycles. The second kappa shape index (κ2) is 8.44. The summed E-state index contributed by atoms with van der Waals surface area (Å²) < 4.78 is 10.9. The minimum absolute atomic E-state index is 0.512. The van der Waals surface area contributed by atoms with E-state index in [0.717, 1.165) is 24.6 Å². The summed E-state index contributed by atoms with van der Waals surface area (Å²) in [6, 6.07) is 5.97. The van der Waals surface area contributed by atoms with Crippen molar-refractivity contribution < 1.29 is 9.47 Å². The molecule has 1 aromatic rings. The van der Waals surface area contributed by atoms with Crippen LogP contribution in [0.15, 0.2) is 18.2 Å². The maximum Gasteiger partial charge on any atom is 0.161 e. The minimum Gasteiger partial charge on any atom is -0.493 e. The molecule has 0 unspecified atom stereocenters. The first kappa shape index (κ1) is 15.4. The number of hydrogen-bond donors (Lipinski definition) is 1. The second-order valence-corrected chi connectivity index (χ2v) is 4.81. The van der Waals surface area contributed by atoms with Crippen LogP contribution in [0.5, 0.6) is 11.5 Å². The molecule has 1 rings (SSSR count). The average molecular weight is 261 g/mol. The molecule has 104 valence electrons. The Labute approximate surface area is 116 Å². The largest absolute Gasteiger partial charge is 0.493 e. The van der Waals surface area contributed by atoms with Gasteiger partial charge in [-0.3, -0.25) is 0 Å². The molecule has 0 atom stereocenters. The highest BCUT2D eigenvalue weighted by atomic mass is 16.5. The molecule has 0 amide bonds. The van der Waals surface area contributed by atoms with Crippen LogP contribution in [0.3, 0.4) is 0 Å². The fraction of sp³-hybridized carbons (Fsp3) is 0.500. The molecule has 1 N–H and O–H groups in total. The highest BCUT2D eigenvalue weighted by molar-refractivity contribution is 5.42. The number of hydrogen-bond acceptors (Lipinski definition) is 3. The molecule has 0 aliphatic rings. The van der Waals surface area contributed by atoms with E-state index < -0.39 is 0 Å².